The highest BCUT2D eigenvalue weighted by Gasteiger charge is 2.59. The molecule has 23 heavy (non-hydrogen) atoms. The molecule has 0 aliphatic carbocycles. The van der Waals surface area contributed by atoms with E-state index in [0.29, 0.717) is 25.9 Å². The molecule has 3 saturated heterocycles. The lowest BCUT2D eigenvalue weighted by Crippen LogP contribution is -2.47. The van der Waals surface area contributed by atoms with Gasteiger partial charge in [-0.3, -0.25) is 9.59 Å². The molecule has 0 bridgehead atoms. The van der Waals surface area contributed by atoms with Crippen molar-refractivity contribution in [2.75, 3.05) is 18.0 Å². The molecular formula is C17H19N3O3. The predicted molar refractivity (Wildman–Crippen MR) is 83.8 cm³/mol. The first-order valence-corrected chi connectivity index (χ1v) is 8.06. The lowest BCUT2D eigenvalue weighted by atomic mass is 9.99. The van der Waals surface area contributed by atoms with Crippen LogP contribution in [0.2, 0.25) is 0 Å². The van der Waals surface area contributed by atoms with Crippen molar-refractivity contribution < 1.29 is 14.4 Å². The van der Waals surface area contributed by atoms with E-state index in [1.807, 2.05) is 37.3 Å². The number of hydrogen-bond acceptors (Lipinski definition) is 3. The zero-order valence-corrected chi connectivity index (χ0v) is 13.1. The topological polar surface area (TPSA) is 60.9 Å². The number of fused-ring (bicyclic) bond motifs is 1. The standard InChI is InChI=1S/C17H19N3O3/c1-17-9-5-10-19(17)16(23)20(15(17)22)13-8-11-18(14(13)21)12-6-3-2-4-7-12/h2-4,6-7,13H,5,8-11H2,1H3/t13-,17-/m0/s1. The van der Waals surface area contributed by atoms with Gasteiger partial charge in [-0.25, -0.2) is 9.69 Å². The molecular weight excluding hydrogens is 294 g/mol. The van der Waals surface area contributed by atoms with Gasteiger partial charge in [-0.2, -0.15) is 0 Å². The Morgan fingerprint density at radius 3 is 2.52 bits per heavy atom. The highest BCUT2D eigenvalue weighted by atomic mass is 16.2. The lowest BCUT2D eigenvalue weighted by molar-refractivity contribution is -0.136. The van der Waals surface area contributed by atoms with Crippen LogP contribution in [0.4, 0.5) is 10.5 Å². The van der Waals surface area contributed by atoms with Gasteiger partial charge in [-0.05, 0) is 38.3 Å². The molecule has 0 unspecified atom stereocenters. The van der Waals surface area contributed by atoms with E-state index in [1.54, 1.807) is 9.80 Å². The zero-order chi connectivity index (χ0) is 16.2. The Balaban J connectivity index is 1.62. The second kappa shape index (κ2) is 4.81. The summed E-state index contributed by atoms with van der Waals surface area (Å²) in [5, 5.41) is 0. The molecule has 1 aromatic rings. The largest absolute Gasteiger partial charge is 0.328 e. The zero-order valence-electron chi connectivity index (χ0n) is 13.1. The summed E-state index contributed by atoms with van der Waals surface area (Å²) in [5.74, 6) is -0.379. The number of nitrogens with zero attached hydrogens (tertiary/aromatic N) is 3. The van der Waals surface area contributed by atoms with Gasteiger partial charge >= 0.3 is 6.03 Å². The number of benzene rings is 1. The van der Waals surface area contributed by atoms with E-state index in [4.69, 9.17) is 0 Å². The van der Waals surface area contributed by atoms with Gasteiger partial charge in [0, 0.05) is 18.8 Å². The first-order chi connectivity index (χ1) is 11.0. The van der Waals surface area contributed by atoms with Crippen molar-refractivity contribution in [3.05, 3.63) is 30.3 Å². The maximum atomic E-state index is 12.8. The lowest BCUT2D eigenvalue weighted by Gasteiger charge is -2.23. The minimum atomic E-state index is -0.752. The van der Waals surface area contributed by atoms with Crippen LogP contribution in [0.1, 0.15) is 26.2 Å². The van der Waals surface area contributed by atoms with Gasteiger partial charge in [0.15, 0.2) is 0 Å². The number of hydrogen-bond donors (Lipinski definition) is 0. The van der Waals surface area contributed by atoms with Crippen molar-refractivity contribution in [3.8, 4) is 0 Å². The van der Waals surface area contributed by atoms with Crippen LogP contribution in [0.5, 0.6) is 0 Å². The van der Waals surface area contributed by atoms with Crippen molar-refractivity contribution in [1.29, 1.82) is 0 Å². The quantitative estimate of drug-likeness (QED) is 0.779. The van der Waals surface area contributed by atoms with Gasteiger partial charge in [0.25, 0.3) is 5.91 Å². The molecule has 3 aliphatic rings. The van der Waals surface area contributed by atoms with Gasteiger partial charge in [0.2, 0.25) is 5.91 Å². The maximum Gasteiger partial charge on any atom is 0.328 e. The number of anilines is 1. The van der Waals surface area contributed by atoms with E-state index in [2.05, 4.69) is 0 Å². The fraction of sp³-hybridized carbons (Fsp3) is 0.471. The molecule has 6 heteroatoms. The highest BCUT2D eigenvalue weighted by molar-refractivity contribution is 6.12. The first kappa shape index (κ1) is 14.2. The van der Waals surface area contributed by atoms with Crippen LogP contribution in [-0.4, -0.2) is 52.3 Å². The number of carbonyl (C=O) groups is 3. The fourth-order valence-corrected chi connectivity index (χ4v) is 4.01. The Kier molecular flexibility index (Phi) is 2.98. The molecule has 0 saturated carbocycles. The van der Waals surface area contributed by atoms with Gasteiger partial charge < -0.3 is 9.80 Å². The average molecular weight is 313 g/mol. The normalized spacial score (nSPS) is 30.6. The van der Waals surface area contributed by atoms with E-state index >= 15 is 0 Å². The number of imide groups is 1. The summed E-state index contributed by atoms with van der Waals surface area (Å²) in [4.78, 5) is 42.7. The monoisotopic (exact) mass is 313 g/mol. The van der Waals surface area contributed by atoms with Crippen molar-refractivity contribution in [3.63, 3.8) is 0 Å². The van der Waals surface area contributed by atoms with Crippen LogP contribution in [-0.2, 0) is 9.59 Å². The molecule has 3 aliphatic heterocycles. The summed E-state index contributed by atoms with van der Waals surface area (Å²) in [5.41, 5.74) is 0.0585. The summed E-state index contributed by atoms with van der Waals surface area (Å²) in [7, 11) is 0. The van der Waals surface area contributed by atoms with Crippen LogP contribution >= 0.6 is 0 Å². The Labute approximate surface area is 134 Å². The summed E-state index contributed by atoms with van der Waals surface area (Å²) >= 11 is 0. The van der Waals surface area contributed by atoms with E-state index in [1.165, 1.54) is 4.90 Å². The number of urea groups is 1. The fourth-order valence-electron chi connectivity index (χ4n) is 4.01. The molecule has 0 spiro atoms. The molecule has 3 heterocycles. The van der Waals surface area contributed by atoms with Gasteiger partial charge in [-0.15, -0.1) is 0 Å². The van der Waals surface area contributed by atoms with Gasteiger partial charge in [-0.1, -0.05) is 18.2 Å². The molecule has 1 aromatic carbocycles. The Bertz CT molecular complexity index is 690. The van der Waals surface area contributed by atoms with Crippen LogP contribution in [0.15, 0.2) is 30.3 Å². The average Bonchev–Trinajstić information content (AvgIpc) is 3.17. The molecule has 120 valence electrons. The molecule has 0 radical (unpaired) electrons. The molecule has 0 N–H and O–H groups in total. The van der Waals surface area contributed by atoms with Crippen molar-refractivity contribution >= 4 is 23.5 Å². The Morgan fingerprint density at radius 1 is 1.09 bits per heavy atom. The van der Waals surface area contributed by atoms with E-state index < -0.39 is 11.6 Å². The van der Waals surface area contributed by atoms with Crippen molar-refractivity contribution in [1.82, 2.24) is 9.80 Å². The third kappa shape index (κ3) is 1.84. The van der Waals surface area contributed by atoms with Crippen LogP contribution in [0, 0.1) is 0 Å². The summed E-state index contributed by atoms with van der Waals surface area (Å²) in [6.07, 6.45) is 2.02. The third-order valence-corrected chi connectivity index (χ3v) is 5.31. The second-order valence-electron chi connectivity index (χ2n) is 6.62. The molecule has 0 aromatic heterocycles. The van der Waals surface area contributed by atoms with Crippen LogP contribution in [0.3, 0.4) is 0 Å². The molecule has 6 nitrogen and oxygen atoms in total. The molecule has 3 fully saturated rings. The maximum absolute atomic E-state index is 12.8. The van der Waals surface area contributed by atoms with Crippen LogP contribution in [0.25, 0.3) is 0 Å². The van der Waals surface area contributed by atoms with Crippen molar-refractivity contribution in [2.45, 2.75) is 37.8 Å². The SMILES string of the molecule is C[C@@]12CCCN1C(=O)N([C@H]1CCN(c3ccccc3)C1=O)C2=O. The van der Waals surface area contributed by atoms with Crippen molar-refractivity contribution in [2.24, 2.45) is 0 Å². The minimum absolute atomic E-state index is 0.164. The predicted octanol–water partition coefficient (Wildman–Crippen LogP) is 1.61. The molecule has 4 amide bonds. The summed E-state index contributed by atoms with van der Waals surface area (Å²) in [6, 6.07) is 8.41. The number of carbonyl (C=O) groups excluding carboxylic acids is 3. The van der Waals surface area contributed by atoms with Gasteiger partial charge in [0.1, 0.15) is 11.6 Å². The van der Waals surface area contributed by atoms with Crippen LogP contribution < -0.4 is 4.90 Å². The van der Waals surface area contributed by atoms with Gasteiger partial charge in [0.05, 0.1) is 0 Å². The highest BCUT2D eigenvalue weighted by Crippen LogP contribution is 2.39. The second-order valence-corrected chi connectivity index (χ2v) is 6.62. The Morgan fingerprint density at radius 2 is 1.83 bits per heavy atom. The molecule has 2 atom stereocenters. The number of rotatable bonds is 2. The van der Waals surface area contributed by atoms with E-state index in [0.717, 1.165) is 12.1 Å². The smallest absolute Gasteiger partial charge is 0.311 e. The third-order valence-electron chi connectivity index (χ3n) is 5.31. The van der Waals surface area contributed by atoms with E-state index in [-0.39, 0.29) is 17.8 Å². The number of amides is 4. The minimum Gasteiger partial charge on any atom is -0.311 e. The number of para-hydroxylation sites is 1. The Hall–Kier alpha value is -2.37. The molecule has 4 rings (SSSR count). The summed E-state index contributed by atoms with van der Waals surface area (Å²) in [6.45, 7) is 2.94. The first-order valence-electron chi connectivity index (χ1n) is 8.06. The summed E-state index contributed by atoms with van der Waals surface area (Å²) < 4.78 is 0. The van der Waals surface area contributed by atoms with E-state index in [9.17, 15) is 14.4 Å².